The minimum atomic E-state index is -0.714. The van der Waals surface area contributed by atoms with Crippen LogP contribution < -0.4 is 4.74 Å². The van der Waals surface area contributed by atoms with E-state index in [1.54, 1.807) is 36.4 Å². The Labute approximate surface area is 144 Å². The van der Waals surface area contributed by atoms with Crippen LogP contribution in [-0.4, -0.2) is 9.97 Å². The summed E-state index contributed by atoms with van der Waals surface area (Å²) >= 11 is 3.16. The number of aromatic nitrogens is 2. The molecule has 3 aromatic rings. The van der Waals surface area contributed by atoms with E-state index >= 15 is 0 Å². The van der Waals surface area contributed by atoms with Crippen molar-refractivity contribution in [3.05, 3.63) is 76.8 Å². The third-order valence-electron chi connectivity index (χ3n) is 3.81. The second-order valence-electron chi connectivity index (χ2n) is 5.25. The molecule has 0 spiro atoms. The SMILES string of the molecule is C=C1c2cc(-c3cccnc3F)ccc2Oc2c1cc(Br)nc2F. The standard InChI is InChI=1S/C18H9BrF2N2O/c1-9-12-7-10(11-3-2-6-22-17(11)20)4-5-14(12)24-16-13(9)8-15(19)23-18(16)21/h2-8H,1H2. The van der Waals surface area contributed by atoms with Crippen molar-refractivity contribution < 1.29 is 13.5 Å². The molecule has 3 nitrogen and oxygen atoms in total. The zero-order valence-corrected chi connectivity index (χ0v) is 13.8. The molecule has 1 aliphatic rings. The lowest BCUT2D eigenvalue weighted by atomic mass is 9.93. The normalized spacial score (nSPS) is 12.4. The van der Waals surface area contributed by atoms with Gasteiger partial charge < -0.3 is 4.74 Å². The van der Waals surface area contributed by atoms with E-state index in [1.807, 2.05) is 0 Å². The summed E-state index contributed by atoms with van der Waals surface area (Å²) in [5, 5.41) is 0. The summed E-state index contributed by atoms with van der Waals surface area (Å²) in [5.74, 6) is -0.786. The fraction of sp³-hybridized carbons (Fsp3) is 0. The smallest absolute Gasteiger partial charge is 0.257 e. The molecule has 0 unspecified atom stereocenters. The average molecular weight is 387 g/mol. The van der Waals surface area contributed by atoms with Gasteiger partial charge in [-0.3, -0.25) is 0 Å². The van der Waals surface area contributed by atoms with Gasteiger partial charge in [0.25, 0.3) is 5.95 Å². The topological polar surface area (TPSA) is 35.0 Å². The number of rotatable bonds is 1. The van der Waals surface area contributed by atoms with Crippen LogP contribution in [-0.2, 0) is 0 Å². The number of pyridine rings is 2. The first-order chi connectivity index (χ1) is 11.5. The van der Waals surface area contributed by atoms with Crippen molar-refractivity contribution in [3.63, 3.8) is 0 Å². The van der Waals surface area contributed by atoms with Gasteiger partial charge in [-0.25, -0.2) is 9.97 Å². The molecule has 0 atom stereocenters. The lowest BCUT2D eigenvalue weighted by Gasteiger charge is -2.23. The quantitative estimate of drug-likeness (QED) is 0.413. The molecule has 3 heterocycles. The van der Waals surface area contributed by atoms with E-state index in [9.17, 15) is 8.78 Å². The average Bonchev–Trinajstić information content (AvgIpc) is 2.56. The Morgan fingerprint density at radius 1 is 1.00 bits per heavy atom. The van der Waals surface area contributed by atoms with Gasteiger partial charge in [-0.05, 0) is 57.4 Å². The third-order valence-corrected chi connectivity index (χ3v) is 4.22. The lowest BCUT2D eigenvalue weighted by Crippen LogP contribution is -2.05. The first kappa shape index (κ1) is 15.0. The zero-order valence-electron chi connectivity index (χ0n) is 12.2. The molecule has 0 saturated carbocycles. The van der Waals surface area contributed by atoms with Crippen LogP contribution >= 0.6 is 15.9 Å². The molecular formula is C18H9BrF2N2O. The Kier molecular flexibility index (Phi) is 3.42. The van der Waals surface area contributed by atoms with Crippen LogP contribution in [0.4, 0.5) is 8.78 Å². The van der Waals surface area contributed by atoms with Crippen molar-refractivity contribution in [2.24, 2.45) is 0 Å². The Hall–Kier alpha value is -2.60. The van der Waals surface area contributed by atoms with Crippen molar-refractivity contribution in [2.75, 3.05) is 0 Å². The summed E-state index contributed by atoms with van der Waals surface area (Å²) in [6.45, 7) is 4.03. The Morgan fingerprint density at radius 2 is 1.83 bits per heavy atom. The molecule has 24 heavy (non-hydrogen) atoms. The number of nitrogens with zero attached hydrogens (tertiary/aromatic N) is 2. The third kappa shape index (κ3) is 2.30. The van der Waals surface area contributed by atoms with E-state index in [1.165, 1.54) is 6.20 Å². The van der Waals surface area contributed by atoms with E-state index in [-0.39, 0.29) is 5.75 Å². The number of hydrogen-bond acceptors (Lipinski definition) is 3. The summed E-state index contributed by atoms with van der Waals surface area (Å²) < 4.78 is 33.9. The molecule has 6 heteroatoms. The van der Waals surface area contributed by atoms with Gasteiger partial charge in [0.1, 0.15) is 10.4 Å². The fourth-order valence-corrected chi connectivity index (χ4v) is 3.06. The first-order valence-corrected chi connectivity index (χ1v) is 7.82. The molecule has 4 rings (SSSR count). The highest BCUT2D eigenvalue weighted by atomic mass is 79.9. The lowest BCUT2D eigenvalue weighted by molar-refractivity contribution is 0.421. The fourth-order valence-electron chi connectivity index (χ4n) is 2.67. The van der Waals surface area contributed by atoms with Gasteiger partial charge in [0.15, 0.2) is 5.75 Å². The van der Waals surface area contributed by atoms with E-state index in [4.69, 9.17) is 4.74 Å². The summed E-state index contributed by atoms with van der Waals surface area (Å²) in [4.78, 5) is 7.36. The van der Waals surface area contributed by atoms with Crippen molar-refractivity contribution in [1.82, 2.24) is 9.97 Å². The molecule has 118 valence electrons. The molecule has 1 aliphatic heterocycles. The van der Waals surface area contributed by atoms with E-state index in [0.717, 1.165) is 0 Å². The molecule has 0 radical (unpaired) electrons. The predicted molar refractivity (Wildman–Crippen MR) is 89.7 cm³/mol. The maximum atomic E-state index is 14.0. The zero-order chi connectivity index (χ0) is 16.8. The van der Waals surface area contributed by atoms with Crippen LogP contribution in [0.1, 0.15) is 11.1 Å². The highest BCUT2D eigenvalue weighted by Gasteiger charge is 2.25. The van der Waals surface area contributed by atoms with Crippen LogP contribution in [0.25, 0.3) is 16.7 Å². The van der Waals surface area contributed by atoms with Gasteiger partial charge in [0.05, 0.1) is 0 Å². The molecule has 1 aromatic carbocycles. The van der Waals surface area contributed by atoms with Gasteiger partial charge in [0, 0.05) is 22.9 Å². The Balaban J connectivity index is 1.87. The molecular weight excluding hydrogens is 378 g/mol. The summed E-state index contributed by atoms with van der Waals surface area (Å²) in [6.07, 6.45) is 1.39. The second-order valence-corrected chi connectivity index (χ2v) is 6.06. The molecule has 0 N–H and O–H groups in total. The minimum Gasteiger partial charge on any atom is -0.451 e. The largest absolute Gasteiger partial charge is 0.451 e. The molecule has 0 bridgehead atoms. The number of benzene rings is 1. The number of hydrogen-bond donors (Lipinski definition) is 0. The second kappa shape index (κ2) is 5.49. The van der Waals surface area contributed by atoms with Gasteiger partial charge in [-0.1, -0.05) is 12.6 Å². The van der Waals surface area contributed by atoms with Crippen molar-refractivity contribution >= 4 is 21.5 Å². The van der Waals surface area contributed by atoms with Crippen LogP contribution in [0.15, 0.2) is 53.8 Å². The molecule has 0 fully saturated rings. The van der Waals surface area contributed by atoms with E-state index in [2.05, 4.69) is 32.5 Å². The van der Waals surface area contributed by atoms with E-state index < -0.39 is 11.9 Å². The van der Waals surface area contributed by atoms with Crippen molar-refractivity contribution in [1.29, 1.82) is 0 Å². The van der Waals surface area contributed by atoms with Crippen LogP contribution in [0, 0.1) is 11.9 Å². The minimum absolute atomic E-state index is 0.0380. The van der Waals surface area contributed by atoms with E-state index in [0.29, 0.717) is 38.2 Å². The van der Waals surface area contributed by atoms with Gasteiger partial charge in [0.2, 0.25) is 5.95 Å². The summed E-state index contributed by atoms with van der Waals surface area (Å²) in [5.41, 5.74) is 2.77. The predicted octanol–water partition coefficient (Wildman–Crippen LogP) is 5.35. The summed E-state index contributed by atoms with van der Waals surface area (Å²) in [6, 6.07) is 10.1. The van der Waals surface area contributed by atoms with Crippen molar-refractivity contribution in [2.45, 2.75) is 0 Å². The monoisotopic (exact) mass is 386 g/mol. The molecule has 0 saturated heterocycles. The van der Waals surface area contributed by atoms with Gasteiger partial charge >= 0.3 is 0 Å². The van der Waals surface area contributed by atoms with Crippen LogP contribution in [0.2, 0.25) is 0 Å². The summed E-state index contributed by atoms with van der Waals surface area (Å²) in [7, 11) is 0. The Bertz CT molecular complexity index is 1000. The number of ether oxygens (including phenoxy) is 1. The van der Waals surface area contributed by atoms with Crippen LogP contribution in [0.5, 0.6) is 11.5 Å². The van der Waals surface area contributed by atoms with Crippen molar-refractivity contribution in [3.8, 4) is 22.6 Å². The van der Waals surface area contributed by atoms with Gasteiger partial charge in [-0.15, -0.1) is 0 Å². The molecule has 0 amide bonds. The Morgan fingerprint density at radius 3 is 2.62 bits per heavy atom. The molecule has 0 aliphatic carbocycles. The highest BCUT2D eigenvalue weighted by Crippen LogP contribution is 2.45. The maximum Gasteiger partial charge on any atom is 0.257 e. The van der Waals surface area contributed by atoms with Gasteiger partial charge in [-0.2, -0.15) is 8.78 Å². The van der Waals surface area contributed by atoms with Crippen LogP contribution in [0.3, 0.4) is 0 Å². The maximum absolute atomic E-state index is 14.0. The number of halogens is 3. The number of fused-ring (bicyclic) bond motifs is 2. The highest BCUT2D eigenvalue weighted by molar-refractivity contribution is 9.10. The molecule has 2 aromatic heterocycles. The first-order valence-electron chi connectivity index (χ1n) is 7.03.